The summed E-state index contributed by atoms with van der Waals surface area (Å²) < 4.78 is 13.7. The minimum atomic E-state index is -0.644. The number of hydrogen-bond donors (Lipinski definition) is 0. The Morgan fingerprint density at radius 1 is 1.10 bits per heavy atom. The Morgan fingerprint density at radius 3 is 2.58 bits per heavy atom. The van der Waals surface area contributed by atoms with Crippen LogP contribution in [0.5, 0.6) is 11.5 Å². The lowest BCUT2D eigenvalue weighted by Gasteiger charge is -2.19. The predicted octanol–water partition coefficient (Wildman–Crippen LogP) is 6.81. The Hall–Kier alpha value is -4.07. The highest BCUT2D eigenvalue weighted by Gasteiger charge is 2.26. The summed E-state index contributed by atoms with van der Waals surface area (Å²) in [5.74, 6) is 1.33. The van der Waals surface area contributed by atoms with Crippen molar-refractivity contribution in [1.82, 2.24) is 14.8 Å². The number of ether oxygens (including phenoxy) is 2. The fourth-order valence-electron chi connectivity index (χ4n) is 4.14. The highest BCUT2D eigenvalue weighted by Crippen LogP contribution is 2.43. The molecule has 0 saturated heterocycles. The fourth-order valence-corrected chi connectivity index (χ4v) is 5.56. The normalized spacial score (nSPS) is 11.6. The number of nitrogens with zero attached hydrogens (tertiary/aromatic N) is 5. The molecule has 4 rings (SSSR count). The van der Waals surface area contributed by atoms with Gasteiger partial charge in [0.2, 0.25) is 6.54 Å². The van der Waals surface area contributed by atoms with Crippen LogP contribution in [0.15, 0.2) is 59.8 Å². The summed E-state index contributed by atoms with van der Waals surface area (Å²) in [6.45, 7) is 7.80. The van der Waals surface area contributed by atoms with Crippen LogP contribution in [-0.2, 0) is 6.61 Å². The summed E-state index contributed by atoms with van der Waals surface area (Å²) in [4.78, 5) is 11.4. The first-order chi connectivity index (χ1) is 19.2. The third-order valence-electron chi connectivity index (χ3n) is 6.32. The molecule has 1 heterocycles. The minimum absolute atomic E-state index is 0.105. The Bertz CT molecular complexity index is 1580. The van der Waals surface area contributed by atoms with Crippen LogP contribution in [0.3, 0.4) is 0 Å². The van der Waals surface area contributed by atoms with E-state index in [0.717, 1.165) is 16.8 Å². The molecule has 0 aliphatic rings. The molecule has 3 aromatic carbocycles. The second-order valence-electron chi connectivity index (χ2n) is 9.08. The third kappa shape index (κ3) is 6.55. The summed E-state index contributed by atoms with van der Waals surface area (Å²) in [5, 5.41) is 29.8. The van der Waals surface area contributed by atoms with Gasteiger partial charge in [0.15, 0.2) is 16.7 Å². The number of halogens is 1. The second-order valence-corrected chi connectivity index (χ2v) is 10.7. The van der Waals surface area contributed by atoms with Crippen molar-refractivity contribution in [2.45, 2.75) is 44.7 Å². The van der Waals surface area contributed by atoms with Crippen molar-refractivity contribution < 1.29 is 14.4 Å². The predicted molar refractivity (Wildman–Crippen MR) is 154 cm³/mol. The molecule has 0 aliphatic heterocycles. The highest BCUT2D eigenvalue weighted by molar-refractivity contribution is 7.99. The molecule has 0 spiro atoms. The maximum absolute atomic E-state index is 11.7. The maximum atomic E-state index is 11.7. The number of aromatic nitrogens is 3. The van der Waals surface area contributed by atoms with Crippen molar-refractivity contribution in [3.8, 4) is 23.3 Å². The van der Waals surface area contributed by atoms with Gasteiger partial charge in [0, 0.05) is 16.2 Å². The van der Waals surface area contributed by atoms with E-state index in [1.54, 1.807) is 30.3 Å². The van der Waals surface area contributed by atoms with E-state index in [1.807, 2.05) is 56.5 Å². The highest BCUT2D eigenvalue weighted by atomic mass is 35.5. The third-order valence-corrected chi connectivity index (χ3v) is 7.78. The zero-order chi connectivity index (χ0) is 28.8. The van der Waals surface area contributed by atoms with Gasteiger partial charge in [-0.2, -0.15) is 5.26 Å². The van der Waals surface area contributed by atoms with Gasteiger partial charge in [0.05, 0.1) is 23.3 Å². The van der Waals surface area contributed by atoms with E-state index in [0.29, 0.717) is 45.8 Å². The lowest BCUT2D eigenvalue weighted by atomic mass is 10.1. The van der Waals surface area contributed by atoms with Gasteiger partial charge in [0.25, 0.3) is 0 Å². The smallest absolute Gasteiger partial charge is 0.220 e. The second kappa shape index (κ2) is 12.9. The summed E-state index contributed by atoms with van der Waals surface area (Å²) in [5.41, 5.74) is 4.94. The number of aryl methyl sites for hydroxylation is 3. The first-order valence-corrected chi connectivity index (χ1v) is 13.8. The number of thioether (sulfide) groups is 1. The first-order valence-electron chi connectivity index (χ1n) is 12.6. The van der Waals surface area contributed by atoms with Gasteiger partial charge in [-0.05, 0) is 74.7 Å². The summed E-state index contributed by atoms with van der Waals surface area (Å²) >= 11 is 7.91. The Morgan fingerprint density at radius 2 is 1.88 bits per heavy atom. The number of hydrogen-bond acceptors (Lipinski definition) is 8. The molecule has 206 valence electrons. The monoisotopic (exact) mass is 577 g/mol. The molecular formula is C29H28ClN5O4S. The summed E-state index contributed by atoms with van der Waals surface area (Å²) in [6.07, 6.45) is 0. The molecule has 0 aliphatic carbocycles. The molecule has 0 bridgehead atoms. The van der Waals surface area contributed by atoms with Gasteiger partial charge in [0.1, 0.15) is 17.7 Å². The van der Waals surface area contributed by atoms with E-state index in [2.05, 4.69) is 16.3 Å². The number of nitro groups is 1. The lowest BCUT2D eigenvalue weighted by molar-refractivity contribution is -0.479. The fraction of sp³-hybridized carbons (Fsp3) is 0.276. The van der Waals surface area contributed by atoms with Crippen LogP contribution in [0.2, 0.25) is 5.02 Å². The molecule has 4 aromatic rings. The van der Waals surface area contributed by atoms with Gasteiger partial charge in [-0.15, -0.1) is 10.2 Å². The number of rotatable bonds is 11. The van der Waals surface area contributed by atoms with Gasteiger partial charge >= 0.3 is 0 Å². The lowest BCUT2D eigenvalue weighted by Crippen LogP contribution is -2.12. The molecular weight excluding hydrogens is 550 g/mol. The van der Waals surface area contributed by atoms with E-state index >= 15 is 0 Å². The van der Waals surface area contributed by atoms with Crippen LogP contribution < -0.4 is 9.47 Å². The molecule has 11 heteroatoms. The van der Waals surface area contributed by atoms with Crippen LogP contribution in [0.1, 0.15) is 45.8 Å². The van der Waals surface area contributed by atoms with Gasteiger partial charge in [-0.1, -0.05) is 47.6 Å². The van der Waals surface area contributed by atoms with Crippen LogP contribution in [-0.4, -0.2) is 32.8 Å². The minimum Gasteiger partial charge on any atom is -0.490 e. The maximum Gasteiger partial charge on any atom is 0.220 e. The van der Waals surface area contributed by atoms with Crippen LogP contribution >= 0.6 is 23.4 Å². The first kappa shape index (κ1) is 28.9. The van der Waals surface area contributed by atoms with E-state index in [4.69, 9.17) is 21.1 Å². The SMILES string of the molecule is CCOc1cc([C@H](C[N+](=O)[O-])Sc2nnc(C)n2-c2ccc(C)c(C)c2)cc(Cl)c1OCc1ccccc1C#N. The number of nitriles is 1. The van der Waals surface area contributed by atoms with E-state index in [-0.39, 0.29) is 23.1 Å². The topological polar surface area (TPSA) is 116 Å². The molecule has 0 fully saturated rings. The van der Waals surface area contributed by atoms with Crippen molar-refractivity contribution in [2.24, 2.45) is 0 Å². The molecule has 1 aromatic heterocycles. The molecule has 0 saturated carbocycles. The van der Waals surface area contributed by atoms with Crippen molar-refractivity contribution in [3.63, 3.8) is 0 Å². The standard InChI is InChI=1S/C29H28ClN5O4S/c1-5-38-26-14-23(13-25(30)28(26)39-17-22-9-7-6-8-21(22)15-31)27(16-34(36)37)40-29-33-32-20(4)35(29)24-11-10-18(2)19(3)12-24/h6-14,27H,5,16-17H2,1-4H3/t27-/m0/s1. The van der Waals surface area contributed by atoms with Crippen molar-refractivity contribution in [1.29, 1.82) is 5.26 Å². The van der Waals surface area contributed by atoms with Gasteiger partial charge < -0.3 is 9.47 Å². The van der Waals surface area contributed by atoms with Crippen LogP contribution in [0, 0.1) is 42.2 Å². The molecule has 0 radical (unpaired) electrons. The largest absolute Gasteiger partial charge is 0.490 e. The van der Waals surface area contributed by atoms with Crippen molar-refractivity contribution in [3.05, 3.63) is 103 Å². The molecule has 1 atom stereocenters. The van der Waals surface area contributed by atoms with Crippen molar-refractivity contribution >= 4 is 23.4 Å². The quantitative estimate of drug-likeness (QED) is 0.108. The Balaban J connectivity index is 1.69. The van der Waals surface area contributed by atoms with Crippen LogP contribution in [0.4, 0.5) is 0 Å². The summed E-state index contributed by atoms with van der Waals surface area (Å²) in [6, 6.07) is 18.7. The van der Waals surface area contributed by atoms with Gasteiger partial charge in [-0.3, -0.25) is 14.7 Å². The van der Waals surface area contributed by atoms with E-state index in [1.165, 1.54) is 11.8 Å². The van der Waals surface area contributed by atoms with E-state index < -0.39 is 5.25 Å². The van der Waals surface area contributed by atoms with Crippen LogP contribution in [0.25, 0.3) is 5.69 Å². The molecule has 9 nitrogen and oxygen atoms in total. The van der Waals surface area contributed by atoms with E-state index in [9.17, 15) is 15.4 Å². The zero-order valence-electron chi connectivity index (χ0n) is 22.6. The Kier molecular flexibility index (Phi) is 9.30. The molecule has 0 N–H and O–H groups in total. The molecule has 40 heavy (non-hydrogen) atoms. The number of benzene rings is 3. The Labute approximate surface area is 241 Å². The zero-order valence-corrected chi connectivity index (χ0v) is 24.1. The summed E-state index contributed by atoms with van der Waals surface area (Å²) in [7, 11) is 0. The average molecular weight is 578 g/mol. The van der Waals surface area contributed by atoms with Crippen molar-refractivity contribution in [2.75, 3.05) is 13.2 Å². The molecule has 0 unspecified atom stereocenters. The average Bonchev–Trinajstić information content (AvgIpc) is 3.29. The molecule has 0 amide bonds. The van der Waals surface area contributed by atoms with Gasteiger partial charge in [-0.25, -0.2) is 0 Å².